The first-order valence-electron chi connectivity index (χ1n) is 5.94. The van der Waals surface area contributed by atoms with E-state index in [9.17, 15) is 4.79 Å². The molecule has 0 radical (unpaired) electrons. The van der Waals surface area contributed by atoms with Crippen LogP contribution in [0.5, 0.6) is 11.9 Å². The first kappa shape index (κ1) is 14.3. The van der Waals surface area contributed by atoms with Crippen LogP contribution in [0.25, 0.3) is 0 Å². The Kier molecular flexibility index (Phi) is 4.31. The molecule has 0 saturated heterocycles. The van der Waals surface area contributed by atoms with Crippen molar-refractivity contribution in [1.82, 2.24) is 9.97 Å². The molecule has 106 valence electrons. The molecule has 1 aromatic heterocycles. The highest BCUT2D eigenvalue weighted by molar-refractivity contribution is 6.04. The van der Waals surface area contributed by atoms with E-state index in [-0.39, 0.29) is 17.8 Å². The van der Waals surface area contributed by atoms with E-state index in [0.717, 1.165) is 0 Å². The van der Waals surface area contributed by atoms with Gasteiger partial charge in [-0.25, -0.2) is 4.98 Å². The summed E-state index contributed by atoms with van der Waals surface area (Å²) in [6.45, 7) is 0. The molecule has 21 heavy (non-hydrogen) atoms. The van der Waals surface area contributed by atoms with E-state index in [1.807, 2.05) is 6.07 Å². The van der Waals surface area contributed by atoms with Crippen LogP contribution in [-0.4, -0.2) is 30.1 Å². The normalized spacial score (nSPS) is 9.57. The third-order valence-corrected chi connectivity index (χ3v) is 2.63. The van der Waals surface area contributed by atoms with Crippen LogP contribution in [-0.2, 0) is 0 Å². The molecule has 1 amide bonds. The molecular formula is C14H12N4O3. The molecule has 0 bridgehead atoms. The molecule has 0 aliphatic carbocycles. The lowest BCUT2D eigenvalue weighted by Crippen LogP contribution is -2.13. The maximum atomic E-state index is 12.1. The number of methoxy groups -OCH3 is 2. The molecule has 1 N–H and O–H groups in total. The van der Waals surface area contributed by atoms with Crippen LogP contribution in [0.3, 0.4) is 0 Å². The van der Waals surface area contributed by atoms with Crippen molar-refractivity contribution in [3.8, 4) is 18.0 Å². The fourth-order valence-corrected chi connectivity index (χ4v) is 1.58. The maximum absolute atomic E-state index is 12.1. The van der Waals surface area contributed by atoms with Gasteiger partial charge >= 0.3 is 6.01 Å². The van der Waals surface area contributed by atoms with Crippen molar-refractivity contribution >= 4 is 11.6 Å². The second-order valence-electron chi connectivity index (χ2n) is 3.92. The first-order chi connectivity index (χ1) is 10.2. The number of ether oxygens (including phenoxy) is 2. The van der Waals surface area contributed by atoms with E-state index in [0.29, 0.717) is 16.8 Å². The Labute approximate surface area is 121 Å². The highest BCUT2D eigenvalue weighted by atomic mass is 16.5. The van der Waals surface area contributed by atoms with Crippen molar-refractivity contribution in [3.05, 3.63) is 41.6 Å². The van der Waals surface area contributed by atoms with Gasteiger partial charge < -0.3 is 14.8 Å². The number of nitrogens with zero attached hydrogens (tertiary/aromatic N) is 3. The lowest BCUT2D eigenvalue weighted by molar-refractivity contribution is 0.102. The molecule has 2 rings (SSSR count). The number of benzene rings is 1. The molecule has 1 heterocycles. The number of rotatable bonds is 4. The largest absolute Gasteiger partial charge is 0.479 e. The minimum atomic E-state index is -0.355. The standard InChI is InChI=1S/C14H12N4O3/c1-20-13-11(8-16-14(18-13)21-2)17-12(19)10-5-3-9(7-15)4-6-10/h3-6,8H,1-2H3,(H,17,19). The number of nitrogens with one attached hydrogen (secondary N) is 1. The second kappa shape index (κ2) is 6.34. The Bertz CT molecular complexity index is 692. The lowest BCUT2D eigenvalue weighted by Gasteiger charge is -2.09. The van der Waals surface area contributed by atoms with Crippen molar-refractivity contribution in [2.45, 2.75) is 0 Å². The fraction of sp³-hybridized carbons (Fsp3) is 0.143. The van der Waals surface area contributed by atoms with Gasteiger partial charge in [-0.1, -0.05) is 0 Å². The number of carbonyl (C=O) groups excluding carboxylic acids is 1. The molecule has 0 saturated carbocycles. The quantitative estimate of drug-likeness (QED) is 0.916. The van der Waals surface area contributed by atoms with E-state index >= 15 is 0 Å². The number of anilines is 1. The molecule has 0 atom stereocenters. The van der Waals surface area contributed by atoms with Crippen molar-refractivity contribution < 1.29 is 14.3 Å². The predicted molar refractivity (Wildman–Crippen MR) is 74.2 cm³/mol. The molecule has 0 aliphatic rings. The van der Waals surface area contributed by atoms with Gasteiger partial charge in [0, 0.05) is 5.56 Å². The van der Waals surface area contributed by atoms with Crippen LogP contribution in [0.4, 0.5) is 5.69 Å². The molecule has 0 aliphatic heterocycles. The van der Waals surface area contributed by atoms with Gasteiger partial charge in [-0.05, 0) is 24.3 Å². The minimum absolute atomic E-state index is 0.142. The summed E-state index contributed by atoms with van der Waals surface area (Å²) in [5, 5.41) is 11.4. The fourth-order valence-electron chi connectivity index (χ4n) is 1.58. The van der Waals surface area contributed by atoms with Crippen molar-refractivity contribution in [2.75, 3.05) is 19.5 Å². The number of aromatic nitrogens is 2. The van der Waals surface area contributed by atoms with Gasteiger partial charge in [0.15, 0.2) is 0 Å². The van der Waals surface area contributed by atoms with Gasteiger partial charge in [-0.3, -0.25) is 4.79 Å². The summed E-state index contributed by atoms with van der Waals surface area (Å²) in [4.78, 5) is 20.0. The monoisotopic (exact) mass is 284 g/mol. The van der Waals surface area contributed by atoms with Crippen molar-refractivity contribution in [3.63, 3.8) is 0 Å². The van der Waals surface area contributed by atoms with E-state index in [1.54, 1.807) is 24.3 Å². The molecule has 0 spiro atoms. The molecule has 7 heteroatoms. The Hall–Kier alpha value is -3.14. The zero-order chi connectivity index (χ0) is 15.2. The van der Waals surface area contributed by atoms with Crippen molar-refractivity contribution in [1.29, 1.82) is 5.26 Å². The molecule has 0 fully saturated rings. The third kappa shape index (κ3) is 3.25. The minimum Gasteiger partial charge on any atom is -0.479 e. The zero-order valence-corrected chi connectivity index (χ0v) is 11.5. The van der Waals surface area contributed by atoms with E-state index in [1.165, 1.54) is 20.4 Å². The number of hydrogen-bond acceptors (Lipinski definition) is 6. The number of amides is 1. The average molecular weight is 284 g/mol. The highest BCUT2D eigenvalue weighted by Gasteiger charge is 2.12. The van der Waals surface area contributed by atoms with Gasteiger partial charge in [0.1, 0.15) is 5.69 Å². The van der Waals surface area contributed by atoms with Crippen LogP contribution < -0.4 is 14.8 Å². The van der Waals surface area contributed by atoms with Crippen LogP contribution in [0.1, 0.15) is 15.9 Å². The molecule has 0 unspecified atom stereocenters. The summed E-state index contributed by atoms with van der Waals surface area (Å²) in [5.41, 5.74) is 1.22. The number of carbonyl (C=O) groups is 1. The Morgan fingerprint density at radius 2 is 1.95 bits per heavy atom. The smallest absolute Gasteiger partial charge is 0.319 e. The maximum Gasteiger partial charge on any atom is 0.319 e. The van der Waals surface area contributed by atoms with Crippen molar-refractivity contribution in [2.24, 2.45) is 0 Å². The third-order valence-electron chi connectivity index (χ3n) is 2.63. The zero-order valence-electron chi connectivity index (χ0n) is 11.5. The highest BCUT2D eigenvalue weighted by Crippen LogP contribution is 2.23. The summed E-state index contributed by atoms with van der Waals surface area (Å²) in [6, 6.07) is 8.38. The van der Waals surface area contributed by atoms with Gasteiger partial charge in [-0.15, -0.1) is 0 Å². The van der Waals surface area contributed by atoms with E-state index < -0.39 is 0 Å². The van der Waals surface area contributed by atoms with Crippen LogP contribution in [0, 0.1) is 11.3 Å². The van der Waals surface area contributed by atoms with Gasteiger partial charge in [0.05, 0.1) is 32.0 Å². The molecular weight excluding hydrogens is 272 g/mol. The average Bonchev–Trinajstić information content (AvgIpc) is 2.55. The Morgan fingerprint density at radius 3 is 2.52 bits per heavy atom. The van der Waals surface area contributed by atoms with Crippen LogP contribution in [0.2, 0.25) is 0 Å². The lowest BCUT2D eigenvalue weighted by atomic mass is 10.1. The Balaban J connectivity index is 2.20. The predicted octanol–water partition coefficient (Wildman–Crippen LogP) is 1.62. The molecule has 7 nitrogen and oxygen atoms in total. The topological polar surface area (TPSA) is 97.1 Å². The SMILES string of the molecule is COc1ncc(NC(=O)c2ccc(C#N)cc2)c(OC)n1. The summed E-state index contributed by atoms with van der Waals surface area (Å²) in [6.07, 6.45) is 1.40. The van der Waals surface area contributed by atoms with Gasteiger partial charge in [0.25, 0.3) is 5.91 Å². The van der Waals surface area contributed by atoms with Crippen LogP contribution >= 0.6 is 0 Å². The van der Waals surface area contributed by atoms with E-state index in [2.05, 4.69) is 15.3 Å². The summed E-state index contributed by atoms with van der Waals surface area (Å²) < 4.78 is 9.95. The molecule has 1 aromatic carbocycles. The van der Waals surface area contributed by atoms with Gasteiger partial charge in [-0.2, -0.15) is 10.2 Å². The van der Waals surface area contributed by atoms with E-state index in [4.69, 9.17) is 14.7 Å². The number of nitriles is 1. The Morgan fingerprint density at radius 1 is 1.24 bits per heavy atom. The van der Waals surface area contributed by atoms with Crippen LogP contribution in [0.15, 0.2) is 30.5 Å². The summed E-state index contributed by atoms with van der Waals surface area (Å²) in [5.74, 6) is -0.157. The number of hydrogen-bond donors (Lipinski definition) is 1. The first-order valence-corrected chi connectivity index (χ1v) is 5.94. The molecule has 2 aromatic rings. The summed E-state index contributed by atoms with van der Waals surface area (Å²) in [7, 11) is 2.86. The second-order valence-corrected chi connectivity index (χ2v) is 3.92. The van der Waals surface area contributed by atoms with Gasteiger partial charge in [0.2, 0.25) is 5.88 Å². The summed E-state index contributed by atoms with van der Waals surface area (Å²) >= 11 is 0.